The second-order valence-corrected chi connectivity index (χ2v) is 7.54. The van der Waals surface area contributed by atoms with Crippen molar-refractivity contribution in [2.45, 2.75) is 38.3 Å². The second kappa shape index (κ2) is 8.41. The van der Waals surface area contributed by atoms with Crippen molar-refractivity contribution in [1.82, 2.24) is 0 Å². The van der Waals surface area contributed by atoms with Crippen molar-refractivity contribution < 1.29 is 37.2 Å². The summed E-state index contributed by atoms with van der Waals surface area (Å²) in [6.45, 7) is -0.799. The molecule has 0 aliphatic heterocycles. The molecule has 0 saturated heterocycles. The van der Waals surface area contributed by atoms with Gasteiger partial charge in [-0.3, -0.25) is 24.5 Å². The van der Waals surface area contributed by atoms with E-state index in [2.05, 4.69) is 0 Å². The minimum absolute atomic E-state index is 0.167. The SMILES string of the molecule is O=C(COC(=O)C1C[C@H]2CCC[C@@H](C1)C2=O)Nc1ccc([N+](=O)[O-])cc1C(F)(F)F. The predicted molar refractivity (Wildman–Crippen MR) is 96.2 cm³/mol. The van der Waals surface area contributed by atoms with E-state index >= 15 is 0 Å². The quantitative estimate of drug-likeness (QED) is 0.436. The molecule has 2 aliphatic carbocycles. The van der Waals surface area contributed by atoms with E-state index in [4.69, 9.17) is 4.74 Å². The monoisotopic (exact) mass is 428 g/mol. The summed E-state index contributed by atoms with van der Waals surface area (Å²) in [6, 6.07) is 1.92. The van der Waals surface area contributed by atoms with E-state index in [1.807, 2.05) is 5.32 Å². The third kappa shape index (κ3) is 4.77. The molecule has 3 rings (SSSR count). The molecule has 2 aliphatic rings. The Balaban J connectivity index is 1.60. The Kier molecular flexibility index (Phi) is 6.09. The molecular weight excluding hydrogens is 409 g/mol. The number of nitro groups is 1. The maximum Gasteiger partial charge on any atom is 0.418 e. The summed E-state index contributed by atoms with van der Waals surface area (Å²) in [6.07, 6.45) is -1.84. The average Bonchev–Trinajstić information content (AvgIpc) is 2.65. The summed E-state index contributed by atoms with van der Waals surface area (Å²) in [5, 5.41) is 12.7. The van der Waals surface area contributed by atoms with Gasteiger partial charge in [0.05, 0.1) is 22.1 Å². The molecule has 2 bridgehead atoms. The van der Waals surface area contributed by atoms with Crippen LogP contribution in [0.25, 0.3) is 0 Å². The normalized spacial score (nSPS) is 23.6. The van der Waals surface area contributed by atoms with Crippen LogP contribution in [-0.2, 0) is 25.3 Å². The Morgan fingerprint density at radius 1 is 1.20 bits per heavy atom. The number of nitrogens with one attached hydrogen (secondary N) is 1. The van der Waals surface area contributed by atoms with Gasteiger partial charge in [-0.15, -0.1) is 0 Å². The van der Waals surface area contributed by atoms with E-state index in [9.17, 15) is 37.7 Å². The molecule has 3 atom stereocenters. The minimum Gasteiger partial charge on any atom is -0.455 e. The van der Waals surface area contributed by atoms with E-state index < -0.39 is 52.4 Å². The standard InChI is InChI=1S/C19H19F3N2O6/c20-19(21,22)14-8-13(24(28)29)4-5-15(14)23-16(25)9-30-18(27)12-6-10-2-1-3-11(7-12)17(10)26/h4-5,8,10-12H,1-3,6-7,9H2,(H,23,25)/t10-,11+,12?. The number of Topliss-reactive ketones (excluding diaryl/α,β-unsaturated/α-hetero) is 1. The topological polar surface area (TPSA) is 116 Å². The van der Waals surface area contributed by atoms with Gasteiger partial charge < -0.3 is 10.1 Å². The van der Waals surface area contributed by atoms with Gasteiger partial charge in [0, 0.05) is 24.0 Å². The van der Waals surface area contributed by atoms with Crippen LogP contribution in [0.3, 0.4) is 0 Å². The first-order valence-corrected chi connectivity index (χ1v) is 9.42. The number of benzene rings is 1. The number of halogens is 3. The highest BCUT2D eigenvalue weighted by molar-refractivity contribution is 5.94. The number of esters is 1. The molecular formula is C19H19F3N2O6. The van der Waals surface area contributed by atoms with Gasteiger partial charge >= 0.3 is 12.1 Å². The fraction of sp³-hybridized carbons (Fsp3) is 0.526. The number of ketones is 1. The molecule has 162 valence electrons. The third-order valence-corrected chi connectivity index (χ3v) is 5.52. The van der Waals surface area contributed by atoms with Gasteiger partial charge in [0.2, 0.25) is 0 Å². The first kappa shape index (κ1) is 21.7. The van der Waals surface area contributed by atoms with Gasteiger partial charge in [0.1, 0.15) is 5.78 Å². The molecule has 30 heavy (non-hydrogen) atoms. The largest absolute Gasteiger partial charge is 0.455 e. The van der Waals surface area contributed by atoms with Crippen molar-refractivity contribution in [2.24, 2.45) is 17.8 Å². The molecule has 1 aromatic rings. The van der Waals surface area contributed by atoms with E-state index in [1.165, 1.54) is 0 Å². The number of non-ortho nitro benzene ring substituents is 1. The van der Waals surface area contributed by atoms with E-state index in [-0.39, 0.29) is 17.6 Å². The van der Waals surface area contributed by atoms with Crippen molar-refractivity contribution in [1.29, 1.82) is 0 Å². The lowest BCUT2D eigenvalue weighted by atomic mass is 9.67. The van der Waals surface area contributed by atoms with Gasteiger partial charge in [-0.25, -0.2) is 0 Å². The highest BCUT2D eigenvalue weighted by Gasteiger charge is 2.42. The second-order valence-electron chi connectivity index (χ2n) is 7.54. The number of alkyl halides is 3. The fourth-order valence-corrected chi connectivity index (χ4v) is 4.10. The summed E-state index contributed by atoms with van der Waals surface area (Å²) in [5.41, 5.74) is -2.83. The van der Waals surface area contributed by atoms with E-state index in [0.29, 0.717) is 18.9 Å². The minimum atomic E-state index is -4.93. The molecule has 1 aromatic carbocycles. The van der Waals surface area contributed by atoms with Crippen LogP contribution in [0.2, 0.25) is 0 Å². The van der Waals surface area contributed by atoms with Gasteiger partial charge in [-0.2, -0.15) is 13.2 Å². The van der Waals surface area contributed by atoms with Crippen LogP contribution in [0.5, 0.6) is 0 Å². The van der Waals surface area contributed by atoms with E-state index in [1.54, 1.807) is 0 Å². The van der Waals surface area contributed by atoms with Gasteiger partial charge in [-0.05, 0) is 31.7 Å². The van der Waals surface area contributed by atoms with Gasteiger partial charge in [-0.1, -0.05) is 6.42 Å². The summed E-state index contributed by atoms with van der Waals surface area (Å²) in [5.74, 6) is -2.38. The summed E-state index contributed by atoms with van der Waals surface area (Å²) < 4.78 is 44.4. The number of carbonyl (C=O) groups is 3. The number of anilines is 1. The van der Waals surface area contributed by atoms with Crippen molar-refractivity contribution in [2.75, 3.05) is 11.9 Å². The Bertz CT molecular complexity index is 870. The molecule has 1 amide bonds. The van der Waals surface area contributed by atoms with Crippen LogP contribution in [0.4, 0.5) is 24.5 Å². The molecule has 11 heteroatoms. The maximum atomic E-state index is 13.2. The van der Waals surface area contributed by atoms with E-state index in [0.717, 1.165) is 31.4 Å². The first-order valence-electron chi connectivity index (χ1n) is 9.42. The van der Waals surface area contributed by atoms with Crippen LogP contribution in [0.15, 0.2) is 18.2 Å². The fourth-order valence-electron chi connectivity index (χ4n) is 4.10. The summed E-state index contributed by atoms with van der Waals surface area (Å²) in [7, 11) is 0. The van der Waals surface area contributed by atoms with Crippen molar-refractivity contribution in [3.8, 4) is 0 Å². The molecule has 2 fully saturated rings. The summed E-state index contributed by atoms with van der Waals surface area (Å²) >= 11 is 0. The van der Waals surface area contributed by atoms with Crippen molar-refractivity contribution in [3.05, 3.63) is 33.9 Å². The van der Waals surface area contributed by atoms with Crippen LogP contribution >= 0.6 is 0 Å². The zero-order chi connectivity index (χ0) is 22.1. The Morgan fingerprint density at radius 2 is 1.83 bits per heavy atom. The number of ether oxygens (including phenoxy) is 1. The summed E-state index contributed by atoms with van der Waals surface area (Å²) in [4.78, 5) is 46.1. The number of amides is 1. The number of hydrogen-bond acceptors (Lipinski definition) is 6. The van der Waals surface area contributed by atoms with Crippen LogP contribution in [0, 0.1) is 27.9 Å². The third-order valence-electron chi connectivity index (χ3n) is 5.52. The molecule has 0 radical (unpaired) electrons. The lowest BCUT2D eigenvalue weighted by molar-refractivity contribution is -0.385. The lowest BCUT2D eigenvalue weighted by Crippen LogP contribution is -2.40. The number of nitrogens with zero attached hydrogens (tertiary/aromatic N) is 1. The molecule has 8 nitrogen and oxygen atoms in total. The maximum absolute atomic E-state index is 13.2. The highest BCUT2D eigenvalue weighted by Crippen LogP contribution is 2.40. The molecule has 1 N–H and O–H groups in total. The first-order chi connectivity index (χ1) is 14.1. The molecule has 0 spiro atoms. The Labute approximate surface area is 168 Å². The number of carbonyl (C=O) groups excluding carboxylic acids is 3. The zero-order valence-electron chi connectivity index (χ0n) is 15.7. The van der Waals surface area contributed by atoms with Crippen molar-refractivity contribution >= 4 is 29.0 Å². The smallest absolute Gasteiger partial charge is 0.418 e. The molecule has 1 unspecified atom stereocenters. The number of hydrogen-bond donors (Lipinski definition) is 1. The van der Waals surface area contributed by atoms with Crippen LogP contribution < -0.4 is 5.32 Å². The zero-order valence-corrected chi connectivity index (χ0v) is 15.7. The van der Waals surface area contributed by atoms with Gasteiger partial charge in [0.25, 0.3) is 11.6 Å². The molecule has 0 heterocycles. The van der Waals surface area contributed by atoms with Crippen molar-refractivity contribution in [3.63, 3.8) is 0 Å². The predicted octanol–water partition coefficient (Wildman–Crippen LogP) is 3.49. The molecule has 0 aromatic heterocycles. The number of rotatable bonds is 5. The van der Waals surface area contributed by atoms with Crippen LogP contribution in [-0.4, -0.2) is 29.2 Å². The number of nitro benzene ring substituents is 1. The Morgan fingerprint density at radius 3 is 2.40 bits per heavy atom. The number of fused-ring (bicyclic) bond motifs is 2. The highest BCUT2D eigenvalue weighted by atomic mass is 19.4. The van der Waals surface area contributed by atoms with Gasteiger partial charge in [0.15, 0.2) is 6.61 Å². The lowest BCUT2D eigenvalue weighted by Gasteiger charge is -2.36. The average molecular weight is 428 g/mol. The van der Waals surface area contributed by atoms with Crippen LogP contribution in [0.1, 0.15) is 37.7 Å². The molecule has 2 saturated carbocycles. The Hall–Kier alpha value is -2.98.